The summed E-state index contributed by atoms with van der Waals surface area (Å²) in [6.07, 6.45) is 0. The highest BCUT2D eigenvalue weighted by molar-refractivity contribution is 5.94. The average molecular weight is 326 g/mol. The Kier molecular flexibility index (Phi) is 6.82. The van der Waals surface area contributed by atoms with Crippen molar-refractivity contribution in [1.82, 2.24) is 5.32 Å². The molecule has 0 aromatic heterocycles. The molecule has 0 spiro atoms. The molecule has 2 aromatic carbocycles. The monoisotopic (exact) mass is 326 g/mol. The summed E-state index contributed by atoms with van der Waals surface area (Å²) in [5.74, 6) is -0.0418. The largest absolute Gasteiger partial charge is 0.380 e. The van der Waals surface area contributed by atoms with Crippen LogP contribution in [0.25, 0.3) is 0 Å². The highest BCUT2D eigenvalue weighted by atomic mass is 16.5. The number of nitrogens with one attached hydrogen (secondary N) is 1. The number of carbonyl (C=O) groups is 1. The van der Waals surface area contributed by atoms with Gasteiger partial charge in [-0.05, 0) is 43.2 Å². The molecule has 0 fully saturated rings. The molecule has 4 heteroatoms. The number of carbonyl (C=O) groups excluding carboxylic acids is 1. The van der Waals surface area contributed by atoms with E-state index in [-0.39, 0.29) is 5.91 Å². The number of hydrogen-bond donors (Lipinski definition) is 1. The zero-order chi connectivity index (χ0) is 17.4. The Hall–Kier alpha value is -2.33. The van der Waals surface area contributed by atoms with Crippen molar-refractivity contribution >= 4 is 11.6 Å². The van der Waals surface area contributed by atoms with Gasteiger partial charge in [-0.2, -0.15) is 0 Å². The Labute approximate surface area is 144 Å². The Morgan fingerprint density at radius 3 is 2.46 bits per heavy atom. The van der Waals surface area contributed by atoms with Crippen LogP contribution in [0.5, 0.6) is 0 Å². The average Bonchev–Trinajstić information content (AvgIpc) is 2.60. The number of nitrogens with zero attached hydrogens (tertiary/aromatic N) is 1. The van der Waals surface area contributed by atoms with E-state index in [0.29, 0.717) is 18.7 Å². The number of rotatable bonds is 8. The Morgan fingerprint density at radius 1 is 1.12 bits per heavy atom. The SMILES string of the molecule is CCN(CCNC(=O)c1ccc(COC)cc1)c1ccccc1C. The van der Waals surface area contributed by atoms with Crippen LogP contribution in [-0.4, -0.2) is 32.7 Å². The first-order valence-electron chi connectivity index (χ1n) is 8.32. The van der Waals surface area contributed by atoms with Crippen molar-refractivity contribution < 1.29 is 9.53 Å². The molecule has 24 heavy (non-hydrogen) atoms. The molecule has 1 N–H and O–H groups in total. The molecule has 0 saturated carbocycles. The Balaban J connectivity index is 1.88. The lowest BCUT2D eigenvalue weighted by atomic mass is 10.1. The van der Waals surface area contributed by atoms with Gasteiger partial charge in [0, 0.05) is 38.0 Å². The van der Waals surface area contributed by atoms with Crippen molar-refractivity contribution in [3.63, 3.8) is 0 Å². The number of likely N-dealkylation sites (N-methyl/N-ethyl adjacent to an activating group) is 1. The highest BCUT2D eigenvalue weighted by Crippen LogP contribution is 2.18. The van der Waals surface area contributed by atoms with Crippen LogP contribution in [0, 0.1) is 6.92 Å². The maximum absolute atomic E-state index is 12.2. The number of para-hydroxylation sites is 1. The number of aryl methyl sites for hydroxylation is 1. The Bertz CT molecular complexity index is 653. The maximum atomic E-state index is 12.2. The van der Waals surface area contributed by atoms with Gasteiger partial charge in [0.1, 0.15) is 0 Å². The first kappa shape index (κ1) is 18.0. The molecule has 0 atom stereocenters. The van der Waals surface area contributed by atoms with Crippen molar-refractivity contribution in [2.75, 3.05) is 31.6 Å². The zero-order valence-corrected chi connectivity index (χ0v) is 14.7. The molecule has 0 saturated heterocycles. The fourth-order valence-electron chi connectivity index (χ4n) is 2.69. The molecular formula is C20H26N2O2. The predicted octanol–water partition coefficient (Wildman–Crippen LogP) is 3.40. The quantitative estimate of drug-likeness (QED) is 0.808. The van der Waals surface area contributed by atoms with Crippen LogP contribution < -0.4 is 10.2 Å². The lowest BCUT2D eigenvalue weighted by Crippen LogP contribution is -2.35. The van der Waals surface area contributed by atoms with Gasteiger partial charge in [-0.25, -0.2) is 0 Å². The minimum Gasteiger partial charge on any atom is -0.380 e. The van der Waals surface area contributed by atoms with Crippen molar-refractivity contribution in [1.29, 1.82) is 0 Å². The van der Waals surface area contributed by atoms with Crippen LogP contribution in [0.2, 0.25) is 0 Å². The van der Waals surface area contributed by atoms with Gasteiger partial charge in [0.25, 0.3) is 5.91 Å². The van der Waals surface area contributed by atoms with Gasteiger partial charge in [-0.3, -0.25) is 4.79 Å². The molecule has 0 aliphatic heterocycles. The molecule has 0 aliphatic rings. The molecule has 0 aliphatic carbocycles. The number of hydrogen-bond acceptors (Lipinski definition) is 3. The van der Waals surface area contributed by atoms with Crippen LogP contribution in [-0.2, 0) is 11.3 Å². The molecule has 0 radical (unpaired) electrons. The van der Waals surface area contributed by atoms with Crippen LogP contribution in [0.4, 0.5) is 5.69 Å². The number of anilines is 1. The second-order valence-corrected chi connectivity index (χ2v) is 5.75. The number of amides is 1. The summed E-state index contributed by atoms with van der Waals surface area (Å²) in [5, 5.41) is 2.99. The lowest BCUT2D eigenvalue weighted by molar-refractivity contribution is 0.0954. The molecule has 4 nitrogen and oxygen atoms in total. The van der Waals surface area contributed by atoms with E-state index in [0.717, 1.165) is 18.7 Å². The summed E-state index contributed by atoms with van der Waals surface area (Å²) in [5.41, 5.74) is 4.21. The van der Waals surface area contributed by atoms with E-state index in [1.54, 1.807) is 7.11 Å². The molecule has 0 bridgehead atoms. The molecule has 128 valence electrons. The first-order chi connectivity index (χ1) is 11.7. The van der Waals surface area contributed by atoms with E-state index in [1.807, 2.05) is 36.4 Å². The molecule has 2 aromatic rings. The van der Waals surface area contributed by atoms with E-state index >= 15 is 0 Å². The van der Waals surface area contributed by atoms with E-state index in [9.17, 15) is 4.79 Å². The van der Waals surface area contributed by atoms with Gasteiger partial charge in [0.05, 0.1) is 6.61 Å². The van der Waals surface area contributed by atoms with E-state index in [4.69, 9.17) is 4.74 Å². The third kappa shape index (κ3) is 4.83. The van der Waals surface area contributed by atoms with Crippen LogP contribution >= 0.6 is 0 Å². The van der Waals surface area contributed by atoms with Crippen molar-refractivity contribution in [3.8, 4) is 0 Å². The summed E-state index contributed by atoms with van der Waals surface area (Å²) in [7, 11) is 1.66. The number of methoxy groups -OCH3 is 1. The van der Waals surface area contributed by atoms with Gasteiger partial charge >= 0.3 is 0 Å². The zero-order valence-electron chi connectivity index (χ0n) is 14.7. The van der Waals surface area contributed by atoms with Crippen LogP contribution in [0.1, 0.15) is 28.4 Å². The highest BCUT2D eigenvalue weighted by Gasteiger charge is 2.09. The lowest BCUT2D eigenvalue weighted by Gasteiger charge is -2.25. The second kappa shape index (κ2) is 9.08. The van der Waals surface area contributed by atoms with Gasteiger partial charge in [-0.15, -0.1) is 0 Å². The van der Waals surface area contributed by atoms with Crippen molar-refractivity contribution in [2.45, 2.75) is 20.5 Å². The molecular weight excluding hydrogens is 300 g/mol. The summed E-state index contributed by atoms with van der Waals surface area (Å²) in [6, 6.07) is 15.8. The topological polar surface area (TPSA) is 41.6 Å². The Morgan fingerprint density at radius 2 is 1.83 bits per heavy atom. The van der Waals surface area contributed by atoms with Crippen molar-refractivity contribution in [2.24, 2.45) is 0 Å². The standard InChI is InChI=1S/C20H26N2O2/c1-4-22(19-8-6-5-7-16(19)2)14-13-21-20(23)18-11-9-17(10-12-18)15-24-3/h5-12H,4,13-15H2,1-3H3,(H,21,23). The summed E-state index contributed by atoms with van der Waals surface area (Å²) in [4.78, 5) is 14.5. The molecule has 0 heterocycles. The predicted molar refractivity (Wildman–Crippen MR) is 98.6 cm³/mol. The summed E-state index contributed by atoms with van der Waals surface area (Å²) in [6.45, 7) is 7.10. The number of benzene rings is 2. The van der Waals surface area contributed by atoms with Gasteiger partial charge in [-0.1, -0.05) is 30.3 Å². The fraction of sp³-hybridized carbons (Fsp3) is 0.350. The van der Waals surface area contributed by atoms with Gasteiger partial charge in [0.2, 0.25) is 0 Å². The van der Waals surface area contributed by atoms with Crippen LogP contribution in [0.3, 0.4) is 0 Å². The smallest absolute Gasteiger partial charge is 0.251 e. The van der Waals surface area contributed by atoms with Gasteiger partial charge in [0.15, 0.2) is 0 Å². The minimum absolute atomic E-state index is 0.0418. The third-order valence-electron chi connectivity index (χ3n) is 4.03. The van der Waals surface area contributed by atoms with Crippen LogP contribution in [0.15, 0.2) is 48.5 Å². The minimum atomic E-state index is -0.0418. The van der Waals surface area contributed by atoms with Crippen molar-refractivity contribution in [3.05, 3.63) is 65.2 Å². The van der Waals surface area contributed by atoms with Gasteiger partial charge < -0.3 is 15.0 Å². The molecule has 2 rings (SSSR count). The summed E-state index contributed by atoms with van der Waals surface area (Å²) >= 11 is 0. The maximum Gasteiger partial charge on any atom is 0.251 e. The molecule has 1 amide bonds. The second-order valence-electron chi connectivity index (χ2n) is 5.75. The normalized spacial score (nSPS) is 10.5. The van der Waals surface area contributed by atoms with E-state index in [2.05, 4.69) is 36.2 Å². The number of ether oxygens (including phenoxy) is 1. The molecule has 0 unspecified atom stereocenters. The first-order valence-corrected chi connectivity index (χ1v) is 8.32. The van der Waals surface area contributed by atoms with E-state index in [1.165, 1.54) is 11.3 Å². The summed E-state index contributed by atoms with van der Waals surface area (Å²) < 4.78 is 5.08. The third-order valence-corrected chi connectivity index (χ3v) is 4.03. The fourth-order valence-corrected chi connectivity index (χ4v) is 2.69. The van der Waals surface area contributed by atoms with E-state index < -0.39 is 0 Å².